The van der Waals surface area contributed by atoms with Crippen molar-refractivity contribution >= 4 is 11.0 Å². The fourth-order valence-electron chi connectivity index (χ4n) is 8.22. The van der Waals surface area contributed by atoms with Crippen LogP contribution in [0.5, 0.6) is 5.75 Å². The van der Waals surface area contributed by atoms with Gasteiger partial charge in [0.1, 0.15) is 11.6 Å². The van der Waals surface area contributed by atoms with Crippen molar-refractivity contribution in [2.24, 2.45) is 0 Å². The van der Waals surface area contributed by atoms with Gasteiger partial charge in [-0.25, -0.2) is 4.98 Å². The SMILES string of the molecule is CC(C)(C)c1cc(-c2cc(-c3ccc(-c4ccccc4)cc3)ccn2)cc(-c2cccc3c2nc(-c2ccccc2O)n3-c2ccc(-c3ccccc3)c(C(C)(C)C)c2)c1. The quantitative estimate of drug-likeness (QED) is 0.175. The molecule has 0 saturated carbocycles. The first-order chi connectivity index (χ1) is 28.9. The van der Waals surface area contributed by atoms with Gasteiger partial charge in [-0.3, -0.25) is 9.55 Å². The molecular formula is C56H49N3O. The molecule has 0 spiro atoms. The summed E-state index contributed by atoms with van der Waals surface area (Å²) in [7, 11) is 0. The number of hydrogen-bond acceptors (Lipinski definition) is 3. The summed E-state index contributed by atoms with van der Waals surface area (Å²) in [5.41, 5.74) is 16.7. The number of pyridine rings is 1. The van der Waals surface area contributed by atoms with Gasteiger partial charge in [0.05, 0.1) is 22.3 Å². The van der Waals surface area contributed by atoms with Gasteiger partial charge in [-0.1, -0.05) is 163 Å². The normalized spacial score (nSPS) is 11.9. The lowest BCUT2D eigenvalue weighted by molar-refractivity contribution is 0.477. The summed E-state index contributed by atoms with van der Waals surface area (Å²) < 4.78 is 2.21. The largest absolute Gasteiger partial charge is 0.507 e. The molecule has 0 atom stereocenters. The summed E-state index contributed by atoms with van der Waals surface area (Å²) in [6, 6.07) is 61.6. The average molecular weight is 780 g/mol. The minimum atomic E-state index is -0.140. The third kappa shape index (κ3) is 7.42. The van der Waals surface area contributed by atoms with E-state index in [1.165, 1.54) is 33.4 Å². The first kappa shape index (κ1) is 38.5. The Kier molecular flexibility index (Phi) is 9.80. The van der Waals surface area contributed by atoms with Crippen LogP contribution in [0.2, 0.25) is 0 Å². The van der Waals surface area contributed by atoms with Crippen molar-refractivity contribution in [3.05, 3.63) is 193 Å². The highest BCUT2D eigenvalue weighted by molar-refractivity contribution is 5.97. The number of hydrogen-bond donors (Lipinski definition) is 1. The maximum atomic E-state index is 11.3. The third-order valence-corrected chi connectivity index (χ3v) is 11.5. The van der Waals surface area contributed by atoms with Crippen LogP contribution in [-0.4, -0.2) is 19.6 Å². The molecule has 2 heterocycles. The molecule has 0 unspecified atom stereocenters. The second-order valence-corrected chi connectivity index (χ2v) is 17.7. The molecule has 0 bridgehead atoms. The monoisotopic (exact) mass is 779 g/mol. The van der Waals surface area contributed by atoms with Gasteiger partial charge in [0.25, 0.3) is 0 Å². The number of phenols is 1. The summed E-state index contributed by atoms with van der Waals surface area (Å²) in [6.07, 6.45) is 1.91. The van der Waals surface area contributed by atoms with Crippen molar-refractivity contribution in [1.82, 2.24) is 14.5 Å². The van der Waals surface area contributed by atoms with Crippen molar-refractivity contribution in [2.75, 3.05) is 0 Å². The number of phenolic OH excluding ortho intramolecular Hbond substituents is 1. The molecule has 4 heteroatoms. The van der Waals surface area contributed by atoms with E-state index in [1.54, 1.807) is 6.07 Å². The number of benzene rings is 7. The zero-order valence-electron chi connectivity index (χ0n) is 35.1. The highest BCUT2D eigenvalue weighted by atomic mass is 16.3. The molecule has 294 valence electrons. The van der Waals surface area contributed by atoms with E-state index in [0.29, 0.717) is 11.4 Å². The van der Waals surface area contributed by atoms with Gasteiger partial charge in [-0.2, -0.15) is 0 Å². The molecule has 0 aliphatic rings. The van der Waals surface area contributed by atoms with Crippen LogP contribution in [0, 0.1) is 0 Å². The first-order valence-electron chi connectivity index (χ1n) is 20.7. The van der Waals surface area contributed by atoms with Gasteiger partial charge >= 0.3 is 0 Å². The van der Waals surface area contributed by atoms with Crippen LogP contribution in [0.4, 0.5) is 0 Å². The van der Waals surface area contributed by atoms with Crippen molar-refractivity contribution < 1.29 is 5.11 Å². The highest BCUT2D eigenvalue weighted by Crippen LogP contribution is 2.42. The van der Waals surface area contributed by atoms with E-state index in [1.807, 2.05) is 30.5 Å². The Morgan fingerprint density at radius 2 is 1.07 bits per heavy atom. The molecule has 7 aromatic carbocycles. The topological polar surface area (TPSA) is 50.9 Å². The van der Waals surface area contributed by atoms with E-state index >= 15 is 0 Å². The van der Waals surface area contributed by atoms with Crippen molar-refractivity contribution in [1.29, 1.82) is 0 Å². The van der Waals surface area contributed by atoms with E-state index in [4.69, 9.17) is 9.97 Å². The van der Waals surface area contributed by atoms with Crippen LogP contribution in [0.3, 0.4) is 0 Å². The van der Waals surface area contributed by atoms with Gasteiger partial charge in [0.15, 0.2) is 0 Å². The van der Waals surface area contributed by atoms with E-state index < -0.39 is 0 Å². The molecule has 0 aliphatic carbocycles. The molecule has 0 radical (unpaired) electrons. The van der Waals surface area contributed by atoms with Gasteiger partial charge < -0.3 is 5.11 Å². The average Bonchev–Trinajstić information content (AvgIpc) is 3.66. The molecule has 0 amide bonds. The molecule has 0 aliphatic heterocycles. The van der Waals surface area contributed by atoms with Crippen molar-refractivity contribution in [3.63, 3.8) is 0 Å². The molecule has 60 heavy (non-hydrogen) atoms. The van der Waals surface area contributed by atoms with Gasteiger partial charge in [-0.05, 0) is 115 Å². The minimum absolute atomic E-state index is 0.131. The summed E-state index contributed by atoms with van der Waals surface area (Å²) >= 11 is 0. The fourth-order valence-corrected chi connectivity index (χ4v) is 8.22. The number of rotatable bonds is 7. The van der Waals surface area contributed by atoms with Crippen molar-refractivity contribution in [3.8, 4) is 78.6 Å². The first-order valence-corrected chi connectivity index (χ1v) is 20.7. The molecule has 0 fully saturated rings. The molecule has 2 aromatic heterocycles. The molecule has 4 nitrogen and oxygen atoms in total. The highest BCUT2D eigenvalue weighted by Gasteiger charge is 2.25. The molecule has 1 N–H and O–H groups in total. The maximum absolute atomic E-state index is 11.3. The number of para-hydroxylation sites is 2. The number of nitrogens with zero attached hydrogens (tertiary/aromatic N) is 3. The van der Waals surface area contributed by atoms with E-state index in [0.717, 1.165) is 50.2 Å². The van der Waals surface area contributed by atoms with Gasteiger partial charge in [-0.15, -0.1) is 0 Å². The van der Waals surface area contributed by atoms with Crippen LogP contribution in [0.1, 0.15) is 52.7 Å². The number of aromatic nitrogens is 3. The summed E-state index contributed by atoms with van der Waals surface area (Å²) in [6.45, 7) is 13.6. The Bertz CT molecular complexity index is 2980. The van der Waals surface area contributed by atoms with Crippen molar-refractivity contribution in [2.45, 2.75) is 52.4 Å². The molecule has 9 rings (SSSR count). The Balaban J connectivity index is 1.21. The lowest BCUT2D eigenvalue weighted by Crippen LogP contribution is -2.14. The molecule has 9 aromatic rings. The Morgan fingerprint density at radius 3 is 1.75 bits per heavy atom. The number of fused-ring (bicyclic) bond motifs is 1. The van der Waals surface area contributed by atoms with Crippen LogP contribution in [0.15, 0.2) is 182 Å². The van der Waals surface area contributed by atoms with E-state index in [2.05, 4.69) is 192 Å². The van der Waals surface area contributed by atoms with Crippen LogP contribution >= 0.6 is 0 Å². The third-order valence-electron chi connectivity index (χ3n) is 11.5. The fraction of sp³-hybridized carbons (Fsp3) is 0.143. The lowest BCUT2D eigenvalue weighted by atomic mass is 9.81. The zero-order valence-corrected chi connectivity index (χ0v) is 35.1. The minimum Gasteiger partial charge on any atom is -0.507 e. The number of imidazole rings is 1. The predicted molar refractivity (Wildman–Crippen MR) is 251 cm³/mol. The zero-order chi connectivity index (χ0) is 41.6. The lowest BCUT2D eigenvalue weighted by Gasteiger charge is -2.25. The summed E-state index contributed by atoms with van der Waals surface area (Å²) in [5, 5.41) is 11.3. The predicted octanol–water partition coefficient (Wildman–Crippen LogP) is 14.7. The second-order valence-electron chi connectivity index (χ2n) is 17.7. The standard InChI is InChI=1S/C56H49N3O/c1-55(2,3)44-33-42(32-43(34-44)50-35-41(30-31-57-50)39-26-24-38(25-27-39)37-16-9-7-10-17-37)47-21-15-22-51-53(47)58-54(48-20-13-14-23-52(48)60)59(51)45-28-29-46(40-18-11-8-12-19-40)49(36-45)56(4,5)6/h7-36,60H,1-6H3. The van der Waals surface area contributed by atoms with E-state index in [9.17, 15) is 5.11 Å². The summed E-state index contributed by atoms with van der Waals surface area (Å²) in [4.78, 5) is 10.4. The maximum Gasteiger partial charge on any atom is 0.149 e. The Morgan fingerprint density at radius 1 is 0.450 bits per heavy atom. The van der Waals surface area contributed by atoms with Crippen LogP contribution in [-0.2, 0) is 10.8 Å². The Labute approximate surface area is 353 Å². The Hall–Kier alpha value is -7.04. The number of aromatic hydroxyl groups is 1. The summed E-state index contributed by atoms with van der Waals surface area (Å²) in [5.74, 6) is 0.868. The van der Waals surface area contributed by atoms with Gasteiger partial charge in [0, 0.05) is 23.0 Å². The van der Waals surface area contributed by atoms with E-state index in [-0.39, 0.29) is 16.6 Å². The smallest absolute Gasteiger partial charge is 0.149 e. The van der Waals surface area contributed by atoms with Crippen LogP contribution < -0.4 is 0 Å². The molecule has 0 saturated heterocycles. The molecular weight excluding hydrogens is 731 g/mol. The van der Waals surface area contributed by atoms with Crippen LogP contribution in [0.25, 0.3) is 83.9 Å². The van der Waals surface area contributed by atoms with Gasteiger partial charge in [0.2, 0.25) is 0 Å². The second kappa shape index (κ2) is 15.3.